The van der Waals surface area contributed by atoms with E-state index >= 15 is 0 Å². The molecule has 0 bridgehead atoms. The Bertz CT molecular complexity index is 1290. The van der Waals surface area contributed by atoms with E-state index in [2.05, 4.69) is 5.32 Å². The monoisotopic (exact) mass is 462 g/mol. The van der Waals surface area contributed by atoms with Gasteiger partial charge in [-0.2, -0.15) is 0 Å². The minimum absolute atomic E-state index is 0.0152. The maximum atomic E-state index is 13.2. The Morgan fingerprint density at radius 2 is 1.68 bits per heavy atom. The molecule has 0 unspecified atom stereocenters. The fourth-order valence-electron chi connectivity index (χ4n) is 3.44. The number of benzene rings is 3. The molecule has 0 saturated carbocycles. The summed E-state index contributed by atoms with van der Waals surface area (Å²) in [6.45, 7) is -0.295. The normalized spacial score (nSPS) is 12.4. The van der Waals surface area contributed by atoms with Crippen molar-refractivity contribution in [1.82, 2.24) is 5.32 Å². The number of methoxy groups -OCH3 is 1. The van der Waals surface area contributed by atoms with Crippen LogP contribution in [0.1, 0.15) is 36.6 Å². The fraction of sp³-hybridized carbons (Fsp3) is 0.120. The van der Waals surface area contributed by atoms with Crippen molar-refractivity contribution >= 4 is 29.4 Å². The molecule has 0 spiro atoms. The molecule has 1 N–H and O–H groups in total. The zero-order valence-electron chi connectivity index (χ0n) is 18.0. The van der Waals surface area contributed by atoms with Crippen LogP contribution in [0.5, 0.6) is 5.75 Å². The van der Waals surface area contributed by atoms with Crippen LogP contribution in [0.15, 0.2) is 66.7 Å². The van der Waals surface area contributed by atoms with Crippen LogP contribution in [0.25, 0.3) is 0 Å². The largest absolute Gasteiger partial charge is 0.497 e. The number of imide groups is 1. The standard InChI is InChI=1S/C25H19FN2O6/c1-33-19-4-2-3-15(11-19)13-27-22(29)14-34-25(32)16-5-10-20-21(12-16)24(31)28(23(20)30)18-8-6-17(26)7-9-18/h2-12H,13-14H2,1H3,(H,27,29). The number of carbonyl (C=O) groups is 4. The van der Waals surface area contributed by atoms with Gasteiger partial charge in [0.15, 0.2) is 6.61 Å². The molecule has 3 amide bonds. The highest BCUT2D eigenvalue weighted by Gasteiger charge is 2.37. The van der Waals surface area contributed by atoms with Crippen molar-refractivity contribution in [2.45, 2.75) is 6.54 Å². The summed E-state index contributed by atoms with van der Waals surface area (Å²) in [7, 11) is 1.54. The van der Waals surface area contributed by atoms with Crippen LogP contribution in [-0.4, -0.2) is 37.4 Å². The van der Waals surface area contributed by atoms with Gasteiger partial charge in [0.05, 0.1) is 29.5 Å². The summed E-state index contributed by atoms with van der Waals surface area (Å²) >= 11 is 0. The molecule has 4 rings (SSSR count). The van der Waals surface area contributed by atoms with Crippen molar-refractivity contribution < 1.29 is 33.0 Å². The van der Waals surface area contributed by atoms with Crippen LogP contribution in [0, 0.1) is 5.82 Å². The van der Waals surface area contributed by atoms with Crippen LogP contribution in [-0.2, 0) is 16.1 Å². The second kappa shape index (κ2) is 9.53. The van der Waals surface area contributed by atoms with Crippen molar-refractivity contribution in [2.24, 2.45) is 0 Å². The number of carbonyl (C=O) groups excluding carboxylic acids is 4. The second-order valence-corrected chi connectivity index (χ2v) is 7.39. The Kier molecular flexibility index (Phi) is 6.35. The van der Waals surface area contributed by atoms with Gasteiger partial charge in [0.1, 0.15) is 11.6 Å². The third-order valence-corrected chi connectivity index (χ3v) is 5.17. The van der Waals surface area contributed by atoms with Crippen molar-refractivity contribution in [3.63, 3.8) is 0 Å². The Labute approximate surface area is 193 Å². The van der Waals surface area contributed by atoms with E-state index in [0.717, 1.165) is 22.6 Å². The highest BCUT2D eigenvalue weighted by atomic mass is 19.1. The third-order valence-electron chi connectivity index (χ3n) is 5.17. The quantitative estimate of drug-likeness (QED) is 0.428. The number of esters is 1. The summed E-state index contributed by atoms with van der Waals surface area (Å²) in [5.74, 6) is -2.40. The first-order valence-corrected chi connectivity index (χ1v) is 10.2. The lowest BCUT2D eigenvalue weighted by Gasteiger charge is -2.13. The summed E-state index contributed by atoms with van der Waals surface area (Å²) < 4.78 is 23.4. The molecule has 34 heavy (non-hydrogen) atoms. The van der Waals surface area contributed by atoms with Crippen molar-refractivity contribution in [1.29, 1.82) is 0 Å². The minimum atomic E-state index is -0.820. The zero-order chi connectivity index (χ0) is 24.2. The van der Waals surface area contributed by atoms with Crippen LogP contribution in [0.3, 0.4) is 0 Å². The number of amides is 3. The van der Waals surface area contributed by atoms with Gasteiger partial charge >= 0.3 is 5.97 Å². The Morgan fingerprint density at radius 3 is 2.41 bits per heavy atom. The number of anilines is 1. The van der Waals surface area contributed by atoms with Crippen LogP contribution in [0.2, 0.25) is 0 Å². The Morgan fingerprint density at radius 1 is 0.941 bits per heavy atom. The highest BCUT2D eigenvalue weighted by molar-refractivity contribution is 6.34. The molecular weight excluding hydrogens is 443 g/mol. The van der Waals surface area contributed by atoms with Crippen LogP contribution >= 0.6 is 0 Å². The number of rotatable bonds is 7. The van der Waals surface area contributed by atoms with E-state index in [9.17, 15) is 23.6 Å². The number of nitrogens with zero attached hydrogens (tertiary/aromatic N) is 1. The van der Waals surface area contributed by atoms with Crippen molar-refractivity contribution in [2.75, 3.05) is 18.6 Å². The average molecular weight is 462 g/mol. The van der Waals surface area contributed by atoms with Crippen LogP contribution < -0.4 is 15.0 Å². The molecule has 9 heteroatoms. The van der Waals surface area contributed by atoms with Gasteiger partial charge in [-0.25, -0.2) is 14.1 Å². The van der Waals surface area contributed by atoms with Crippen molar-refractivity contribution in [3.05, 3.63) is 94.8 Å². The van der Waals surface area contributed by atoms with Gasteiger partial charge in [0.25, 0.3) is 17.7 Å². The zero-order valence-corrected chi connectivity index (χ0v) is 18.0. The van der Waals surface area contributed by atoms with Gasteiger partial charge in [-0.1, -0.05) is 12.1 Å². The fourth-order valence-corrected chi connectivity index (χ4v) is 3.44. The number of hydrogen-bond donors (Lipinski definition) is 1. The Balaban J connectivity index is 1.38. The first-order chi connectivity index (χ1) is 16.4. The second-order valence-electron chi connectivity index (χ2n) is 7.39. The van der Waals surface area contributed by atoms with Crippen LogP contribution in [0.4, 0.5) is 10.1 Å². The molecule has 0 fully saturated rings. The van der Waals surface area contributed by atoms with Gasteiger partial charge < -0.3 is 14.8 Å². The minimum Gasteiger partial charge on any atom is -0.497 e. The third kappa shape index (κ3) is 4.63. The number of nitrogens with one attached hydrogen (secondary N) is 1. The lowest BCUT2D eigenvalue weighted by molar-refractivity contribution is -0.124. The maximum absolute atomic E-state index is 13.2. The molecule has 1 heterocycles. The van der Waals surface area contributed by atoms with Gasteiger partial charge in [0.2, 0.25) is 0 Å². The van der Waals surface area contributed by atoms with Gasteiger partial charge in [0, 0.05) is 6.54 Å². The highest BCUT2D eigenvalue weighted by Crippen LogP contribution is 2.29. The smallest absolute Gasteiger partial charge is 0.338 e. The van der Waals surface area contributed by atoms with E-state index in [0.29, 0.717) is 5.75 Å². The maximum Gasteiger partial charge on any atom is 0.338 e. The topological polar surface area (TPSA) is 102 Å². The van der Waals surface area contributed by atoms with E-state index in [1.807, 2.05) is 6.07 Å². The molecule has 172 valence electrons. The molecule has 0 aliphatic carbocycles. The molecule has 3 aromatic carbocycles. The Hall–Kier alpha value is -4.53. The molecule has 3 aromatic rings. The van der Waals surface area contributed by atoms with Gasteiger partial charge in [-0.05, 0) is 60.2 Å². The van der Waals surface area contributed by atoms with Gasteiger partial charge in [-0.15, -0.1) is 0 Å². The molecule has 0 aromatic heterocycles. The summed E-state index contributed by atoms with van der Waals surface area (Å²) in [5.41, 5.74) is 1.17. The number of halogens is 1. The van der Waals surface area contributed by atoms with E-state index in [1.165, 1.54) is 30.3 Å². The summed E-state index contributed by atoms with van der Waals surface area (Å²) in [5, 5.41) is 2.64. The van der Waals surface area contributed by atoms with E-state index in [4.69, 9.17) is 9.47 Å². The molecule has 1 aliphatic rings. The number of fused-ring (bicyclic) bond motifs is 1. The number of ether oxygens (including phenoxy) is 2. The summed E-state index contributed by atoms with van der Waals surface area (Å²) in [4.78, 5) is 50.8. The molecule has 8 nitrogen and oxygen atoms in total. The first kappa shape index (κ1) is 22.7. The predicted molar refractivity (Wildman–Crippen MR) is 119 cm³/mol. The van der Waals surface area contributed by atoms with Crippen molar-refractivity contribution in [3.8, 4) is 5.75 Å². The molecular formula is C25H19FN2O6. The lowest BCUT2D eigenvalue weighted by atomic mass is 10.1. The lowest BCUT2D eigenvalue weighted by Crippen LogP contribution is -2.29. The van der Waals surface area contributed by atoms with E-state index in [-0.39, 0.29) is 28.9 Å². The van der Waals surface area contributed by atoms with E-state index < -0.39 is 36.1 Å². The van der Waals surface area contributed by atoms with E-state index in [1.54, 1.807) is 25.3 Å². The summed E-state index contributed by atoms with van der Waals surface area (Å²) in [6.07, 6.45) is 0. The molecule has 0 radical (unpaired) electrons. The number of hydrogen-bond acceptors (Lipinski definition) is 6. The predicted octanol–water partition coefficient (Wildman–Crippen LogP) is 3.11. The van der Waals surface area contributed by atoms with Gasteiger partial charge in [-0.3, -0.25) is 14.4 Å². The SMILES string of the molecule is COc1cccc(CNC(=O)COC(=O)c2ccc3c(c2)C(=O)N(c2ccc(F)cc2)C3=O)c1. The average Bonchev–Trinajstić information content (AvgIpc) is 3.11. The first-order valence-electron chi connectivity index (χ1n) is 10.2. The molecule has 0 atom stereocenters. The summed E-state index contributed by atoms with van der Waals surface area (Å²) in [6, 6.07) is 16.0. The molecule has 0 saturated heterocycles. The molecule has 1 aliphatic heterocycles.